The first kappa shape index (κ1) is 14.2. The summed E-state index contributed by atoms with van der Waals surface area (Å²) >= 11 is 0. The quantitative estimate of drug-likeness (QED) is 0.892. The maximum absolute atomic E-state index is 6.00. The fourth-order valence-electron chi connectivity index (χ4n) is 2.82. The number of aliphatic imine (C=N–C) groups is 1. The Balaban J connectivity index is 1.53. The van der Waals surface area contributed by atoms with Crippen molar-refractivity contribution in [2.45, 2.75) is 51.2 Å². The second-order valence-corrected chi connectivity index (χ2v) is 5.74. The fourth-order valence-corrected chi connectivity index (χ4v) is 2.82. The molecule has 0 radical (unpaired) electrons. The van der Waals surface area contributed by atoms with Gasteiger partial charge in [0.15, 0.2) is 5.96 Å². The van der Waals surface area contributed by atoms with Crippen LogP contribution in [0.5, 0.6) is 5.88 Å². The SMILES string of the molecule is c1cc(CNC2=NCCCN2)cc(OC2CCCCC2)n1. The molecule has 2 N–H and O–H groups in total. The van der Waals surface area contributed by atoms with Crippen LogP contribution in [-0.4, -0.2) is 30.1 Å². The summed E-state index contributed by atoms with van der Waals surface area (Å²) in [6.07, 6.45) is 9.49. The fraction of sp³-hybridized carbons (Fsp3) is 0.625. The molecular weight excluding hydrogens is 264 g/mol. The average Bonchev–Trinajstić information content (AvgIpc) is 2.55. The molecule has 1 saturated carbocycles. The van der Waals surface area contributed by atoms with E-state index in [1.807, 2.05) is 18.3 Å². The van der Waals surface area contributed by atoms with Crippen LogP contribution in [0.3, 0.4) is 0 Å². The first-order chi connectivity index (χ1) is 10.4. The molecule has 1 aliphatic heterocycles. The maximum Gasteiger partial charge on any atom is 0.213 e. The lowest BCUT2D eigenvalue weighted by Gasteiger charge is -2.22. The standard InChI is InChI=1S/C16H24N4O/c1-2-5-14(6-3-1)21-15-11-13(7-10-17-15)12-20-16-18-8-4-9-19-16/h7,10-11,14H,1-6,8-9,12H2,(H2,18,19,20). The van der Waals surface area contributed by atoms with Gasteiger partial charge in [0.05, 0.1) is 0 Å². The van der Waals surface area contributed by atoms with Crippen LogP contribution >= 0.6 is 0 Å². The Labute approximate surface area is 126 Å². The lowest BCUT2D eigenvalue weighted by Crippen LogP contribution is -2.40. The highest BCUT2D eigenvalue weighted by atomic mass is 16.5. The van der Waals surface area contributed by atoms with E-state index in [1.54, 1.807) is 0 Å². The predicted molar refractivity (Wildman–Crippen MR) is 83.5 cm³/mol. The van der Waals surface area contributed by atoms with E-state index in [-0.39, 0.29) is 0 Å². The molecule has 0 spiro atoms. The normalized spacial score (nSPS) is 19.5. The van der Waals surface area contributed by atoms with Crippen molar-refractivity contribution in [3.05, 3.63) is 23.9 Å². The van der Waals surface area contributed by atoms with Crippen molar-refractivity contribution in [2.24, 2.45) is 4.99 Å². The van der Waals surface area contributed by atoms with Crippen LogP contribution in [0, 0.1) is 0 Å². The number of rotatable bonds is 4. The van der Waals surface area contributed by atoms with Gasteiger partial charge in [-0.3, -0.25) is 4.99 Å². The highest BCUT2D eigenvalue weighted by molar-refractivity contribution is 5.80. The number of ether oxygens (including phenoxy) is 1. The van der Waals surface area contributed by atoms with E-state index in [0.29, 0.717) is 6.10 Å². The molecule has 3 rings (SSSR count). The van der Waals surface area contributed by atoms with Crippen molar-refractivity contribution in [3.63, 3.8) is 0 Å². The van der Waals surface area contributed by atoms with Crippen LogP contribution in [0.4, 0.5) is 0 Å². The lowest BCUT2D eigenvalue weighted by atomic mass is 9.98. The molecule has 0 saturated heterocycles. The third kappa shape index (κ3) is 4.34. The van der Waals surface area contributed by atoms with Crippen molar-refractivity contribution in [1.29, 1.82) is 0 Å². The van der Waals surface area contributed by atoms with Crippen molar-refractivity contribution < 1.29 is 4.74 Å². The van der Waals surface area contributed by atoms with E-state index in [9.17, 15) is 0 Å². The second kappa shape index (κ2) is 7.29. The van der Waals surface area contributed by atoms with E-state index in [0.717, 1.165) is 50.7 Å². The van der Waals surface area contributed by atoms with E-state index >= 15 is 0 Å². The summed E-state index contributed by atoms with van der Waals surface area (Å²) in [6, 6.07) is 4.05. The van der Waals surface area contributed by atoms with Crippen molar-refractivity contribution in [3.8, 4) is 5.88 Å². The van der Waals surface area contributed by atoms with E-state index in [4.69, 9.17) is 4.74 Å². The zero-order valence-corrected chi connectivity index (χ0v) is 12.5. The maximum atomic E-state index is 6.00. The van der Waals surface area contributed by atoms with Gasteiger partial charge in [0.2, 0.25) is 5.88 Å². The van der Waals surface area contributed by atoms with Gasteiger partial charge in [0.1, 0.15) is 6.10 Å². The number of nitrogens with zero attached hydrogens (tertiary/aromatic N) is 2. The summed E-state index contributed by atoms with van der Waals surface area (Å²) in [5.41, 5.74) is 1.17. The lowest BCUT2D eigenvalue weighted by molar-refractivity contribution is 0.148. The highest BCUT2D eigenvalue weighted by Crippen LogP contribution is 2.22. The van der Waals surface area contributed by atoms with Gasteiger partial charge >= 0.3 is 0 Å². The van der Waals surface area contributed by atoms with Crippen molar-refractivity contribution in [1.82, 2.24) is 15.6 Å². The molecule has 5 nitrogen and oxygen atoms in total. The number of guanidine groups is 1. The minimum absolute atomic E-state index is 0.346. The Hall–Kier alpha value is -1.78. The molecule has 2 heterocycles. The van der Waals surface area contributed by atoms with Gasteiger partial charge in [-0.25, -0.2) is 4.98 Å². The Bertz CT molecular complexity index is 483. The first-order valence-corrected chi connectivity index (χ1v) is 8.04. The number of hydrogen-bond acceptors (Lipinski definition) is 5. The monoisotopic (exact) mass is 288 g/mol. The predicted octanol–water partition coefficient (Wildman–Crippen LogP) is 2.23. The van der Waals surface area contributed by atoms with Crippen LogP contribution in [-0.2, 0) is 6.54 Å². The zero-order valence-electron chi connectivity index (χ0n) is 12.5. The van der Waals surface area contributed by atoms with Crippen LogP contribution in [0.25, 0.3) is 0 Å². The Morgan fingerprint density at radius 1 is 1.24 bits per heavy atom. The van der Waals surface area contributed by atoms with Gasteiger partial charge in [-0.15, -0.1) is 0 Å². The molecule has 0 aromatic carbocycles. The summed E-state index contributed by atoms with van der Waals surface area (Å²) < 4.78 is 6.00. The highest BCUT2D eigenvalue weighted by Gasteiger charge is 2.15. The molecular formula is C16H24N4O. The molecule has 1 aromatic heterocycles. The zero-order chi connectivity index (χ0) is 14.3. The molecule has 114 valence electrons. The van der Waals surface area contributed by atoms with Gasteiger partial charge in [0.25, 0.3) is 0 Å². The van der Waals surface area contributed by atoms with Crippen LogP contribution in [0.2, 0.25) is 0 Å². The number of hydrogen-bond donors (Lipinski definition) is 2. The van der Waals surface area contributed by atoms with E-state index in [1.165, 1.54) is 24.8 Å². The molecule has 0 bridgehead atoms. The van der Waals surface area contributed by atoms with Gasteiger partial charge in [-0.2, -0.15) is 0 Å². The van der Waals surface area contributed by atoms with Gasteiger partial charge in [-0.05, 0) is 43.7 Å². The summed E-state index contributed by atoms with van der Waals surface area (Å²) in [7, 11) is 0. The number of nitrogens with one attached hydrogen (secondary N) is 2. The molecule has 21 heavy (non-hydrogen) atoms. The Kier molecular flexibility index (Phi) is 4.92. The summed E-state index contributed by atoms with van der Waals surface area (Å²) in [5, 5.41) is 6.59. The summed E-state index contributed by atoms with van der Waals surface area (Å²) in [4.78, 5) is 8.74. The number of pyridine rings is 1. The van der Waals surface area contributed by atoms with Gasteiger partial charge in [-0.1, -0.05) is 6.42 Å². The van der Waals surface area contributed by atoms with Crippen LogP contribution in [0.1, 0.15) is 44.1 Å². The van der Waals surface area contributed by atoms with Crippen molar-refractivity contribution in [2.75, 3.05) is 13.1 Å². The molecule has 0 atom stereocenters. The minimum atomic E-state index is 0.346. The molecule has 0 amide bonds. The molecule has 2 aliphatic rings. The number of aromatic nitrogens is 1. The molecule has 1 aliphatic carbocycles. The van der Waals surface area contributed by atoms with E-state index in [2.05, 4.69) is 20.6 Å². The largest absolute Gasteiger partial charge is 0.474 e. The summed E-state index contributed by atoms with van der Waals surface area (Å²) in [6.45, 7) is 2.65. The Morgan fingerprint density at radius 2 is 2.14 bits per heavy atom. The summed E-state index contributed by atoms with van der Waals surface area (Å²) in [5.74, 6) is 1.65. The molecule has 0 unspecified atom stereocenters. The smallest absolute Gasteiger partial charge is 0.213 e. The topological polar surface area (TPSA) is 58.5 Å². The Morgan fingerprint density at radius 3 is 2.95 bits per heavy atom. The van der Waals surface area contributed by atoms with Crippen LogP contribution in [0.15, 0.2) is 23.3 Å². The van der Waals surface area contributed by atoms with Gasteiger partial charge < -0.3 is 15.4 Å². The third-order valence-corrected chi connectivity index (χ3v) is 4.00. The molecule has 5 heteroatoms. The van der Waals surface area contributed by atoms with Gasteiger partial charge in [0, 0.05) is 31.9 Å². The van der Waals surface area contributed by atoms with Crippen LogP contribution < -0.4 is 15.4 Å². The first-order valence-electron chi connectivity index (χ1n) is 8.04. The second-order valence-electron chi connectivity index (χ2n) is 5.74. The van der Waals surface area contributed by atoms with E-state index < -0.39 is 0 Å². The minimum Gasteiger partial charge on any atom is -0.474 e. The van der Waals surface area contributed by atoms with Crippen molar-refractivity contribution >= 4 is 5.96 Å². The third-order valence-electron chi connectivity index (χ3n) is 4.00. The molecule has 1 aromatic rings. The average molecular weight is 288 g/mol. The molecule has 1 fully saturated rings.